The lowest BCUT2D eigenvalue weighted by atomic mass is 10.0. The van der Waals surface area contributed by atoms with E-state index in [4.69, 9.17) is 13.9 Å². The Morgan fingerprint density at radius 1 is 1.10 bits per heavy atom. The molecular formula is C21H17F3O5. The van der Waals surface area contributed by atoms with Gasteiger partial charge >= 0.3 is 12.1 Å². The first-order valence-electron chi connectivity index (χ1n) is 8.66. The summed E-state index contributed by atoms with van der Waals surface area (Å²) >= 11 is 0. The summed E-state index contributed by atoms with van der Waals surface area (Å²) in [6.45, 7) is 3.23. The number of methoxy groups -OCH3 is 1. The summed E-state index contributed by atoms with van der Waals surface area (Å²) in [4.78, 5) is 24.7. The van der Waals surface area contributed by atoms with Gasteiger partial charge in [0, 0.05) is 11.6 Å². The third-order valence-corrected chi connectivity index (χ3v) is 4.19. The summed E-state index contributed by atoms with van der Waals surface area (Å²) in [5, 5.41) is -0.0803. The highest BCUT2D eigenvalue weighted by Crippen LogP contribution is 2.40. The van der Waals surface area contributed by atoms with Crippen molar-refractivity contribution in [3.05, 3.63) is 58.4 Å². The maximum absolute atomic E-state index is 13.7. The van der Waals surface area contributed by atoms with E-state index in [2.05, 4.69) is 0 Å². The van der Waals surface area contributed by atoms with E-state index in [0.29, 0.717) is 0 Å². The van der Waals surface area contributed by atoms with Gasteiger partial charge in [0.2, 0.25) is 11.2 Å². The van der Waals surface area contributed by atoms with Crippen molar-refractivity contribution >= 4 is 16.9 Å². The molecule has 8 heteroatoms. The van der Waals surface area contributed by atoms with Gasteiger partial charge in [0.1, 0.15) is 17.1 Å². The van der Waals surface area contributed by atoms with Crippen molar-refractivity contribution in [2.24, 2.45) is 5.92 Å². The van der Waals surface area contributed by atoms with Crippen LogP contribution >= 0.6 is 0 Å². The molecule has 0 radical (unpaired) electrons. The smallest absolute Gasteiger partial charge is 0.450 e. The first-order chi connectivity index (χ1) is 13.6. The molecule has 0 unspecified atom stereocenters. The zero-order valence-electron chi connectivity index (χ0n) is 15.8. The Hall–Kier alpha value is -3.29. The van der Waals surface area contributed by atoms with Crippen LogP contribution in [0.4, 0.5) is 13.2 Å². The second-order valence-electron chi connectivity index (χ2n) is 6.57. The van der Waals surface area contributed by atoms with Gasteiger partial charge in [-0.25, -0.2) is 0 Å². The van der Waals surface area contributed by atoms with E-state index in [1.807, 2.05) is 0 Å². The number of benzene rings is 2. The average molecular weight is 406 g/mol. The molecule has 0 aliphatic rings. The Bertz CT molecular complexity index is 1130. The monoisotopic (exact) mass is 406 g/mol. The van der Waals surface area contributed by atoms with Crippen LogP contribution < -0.4 is 14.9 Å². The van der Waals surface area contributed by atoms with E-state index in [1.165, 1.54) is 37.4 Å². The fraction of sp³-hybridized carbons (Fsp3) is 0.238. The van der Waals surface area contributed by atoms with Crippen molar-refractivity contribution in [3.8, 4) is 22.6 Å². The Morgan fingerprint density at radius 2 is 1.79 bits per heavy atom. The van der Waals surface area contributed by atoms with Crippen molar-refractivity contribution in [3.63, 3.8) is 0 Å². The zero-order valence-corrected chi connectivity index (χ0v) is 15.8. The number of carbonyl (C=O) groups excluding carboxylic acids is 1. The molecule has 0 aliphatic carbocycles. The van der Waals surface area contributed by atoms with Gasteiger partial charge < -0.3 is 13.9 Å². The minimum atomic E-state index is -4.94. The zero-order chi connectivity index (χ0) is 21.3. The normalized spacial score (nSPS) is 11.7. The highest BCUT2D eigenvalue weighted by atomic mass is 19.4. The molecule has 1 aromatic heterocycles. The first-order valence-corrected chi connectivity index (χ1v) is 8.66. The fourth-order valence-electron chi connectivity index (χ4n) is 2.77. The lowest BCUT2D eigenvalue weighted by Crippen LogP contribution is -2.17. The molecule has 5 nitrogen and oxygen atoms in total. The number of carbonyl (C=O) groups is 1. The number of hydrogen-bond acceptors (Lipinski definition) is 5. The van der Waals surface area contributed by atoms with Gasteiger partial charge in [-0.2, -0.15) is 13.2 Å². The van der Waals surface area contributed by atoms with Crippen LogP contribution in [0.15, 0.2) is 51.7 Å². The van der Waals surface area contributed by atoms with Crippen molar-refractivity contribution in [1.82, 2.24) is 0 Å². The Morgan fingerprint density at radius 3 is 2.41 bits per heavy atom. The standard InChI is InChI=1S/C21H17F3O5/c1-11(2)20(26)28-12-8-9-14-16(10-12)29-19(21(22,23)24)17(18(14)25)13-6-4-5-7-15(13)27-3/h4-11H,1-3H3. The van der Waals surface area contributed by atoms with Gasteiger partial charge in [0.05, 0.1) is 24.0 Å². The Balaban J connectivity index is 2.29. The SMILES string of the molecule is COc1ccccc1-c1c(C(F)(F)F)oc2cc(OC(=O)C(C)C)ccc2c1=O. The van der Waals surface area contributed by atoms with Gasteiger partial charge in [0.15, 0.2) is 0 Å². The van der Waals surface area contributed by atoms with Crippen LogP contribution in [0.25, 0.3) is 22.1 Å². The quantitative estimate of drug-likeness (QED) is 0.448. The first kappa shape index (κ1) is 20.4. The molecule has 0 saturated carbocycles. The van der Waals surface area contributed by atoms with E-state index in [-0.39, 0.29) is 28.0 Å². The third kappa shape index (κ3) is 3.96. The van der Waals surface area contributed by atoms with E-state index in [9.17, 15) is 22.8 Å². The third-order valence-electron chi connectivity index (χ3n) is 4.19. The van der Waals surface area contributed by atoms with Gasteiger partial charge in [0.25, 0.3) is 0 Å². The molecule has 152 valence electrons. The number of halogens is 3. The number of hydrogen-bond donors (Lipinski definition) is 0. The number of ether oxygens (including phenoxy) is 2. The maximum Gasteiger partial charge on any atom is 0.450 e. The van der Waals surface area contributed by atoms with Crippen molar-refractivity contribution < 1.29 is 31.9 Å². The topological polar surface area (TPSA) is 65.7 Å². The van der Waals surface area contributed by atoms with Crippen LogP contribution in [0.1, 0.15) is 19.6 Å². The Kier molecular flexibility index (Phi) is 5.37. The highest BCUT2D eigenvalue weighted by Gasteiger charge is 2.40. The van der Waals surface area contributed by atoms with Crippen molar-refractivity contribution in [2.75, 3.05) is 7.11 Å². The largest absolute Gasteiger partial charge is 0.496 e. The summed E-state index contributed by atoms with van der Waals surface area (Å²) in [5.41, 5.74) is -1.89. The van der Waals surface area contributed by atoms with E-state index in [0.717, 1.165) is 6.07 Å². The minimum Gasteiger partial charge on any atom is -0.496 e. The summed E-state index contributed by atoms with van der Waals surface area (Å²) in [5.74, 6) is -2.36. The molecule has 0 aliphatic heterocycles. The van der Waals surface area contributed by atoms with Crippen LogP contribution in [0.2, 0.25) is 0 Å². The number of esters is 1. The van der Waals surface area contributed by atoms with E-state index >= 15 is 0 Å². The molecule has 1 heterocycles. The summed E-state index contributed by atoms with van der Waals surface area (Å²) in [6, 6.07) is 9.57. The maximum atomic E-state index is 13.7. The molecule has 0 N–H and O–H groups in total. The molecule has 0 spiro atoms. The molecule has 3 aromatic rings. The van der Waals surface area contributed by atoms with Crippen molar-refractivity contribution in [1.29, 1.82) is 0 Å². The summed E-state index contributed by atoms with van der Waals surface area (Å²) < 4.78 is 56.5. The lowest BCUT2D eigenvalue weighted by molar-refractivity contribution is -0.152. The molecule has 0 bridgehead atoms. The van der Waals surface area contributed by atoms with Gasteiger partial charge in [-0.15, -0.1) is 0 Å². The van der Waals surface area contributed by atoms with Crippen LogP contribution in [0.5, 0.6) is 11.5 Å². The molecule has 29 heavy (non-hydrogen) atoms. The van der Waals surface area contributed by atoms with Crippen LogP contribution in [-0.4, -0.2) is 13.1 Å². The van der Waals surface area contributed by atoms with Crippen LogP contribution in [0, 0.1) is 5.92 Å². The molecule has 2 aromatic carbocycles. The number of alkyl halides is 3. The van der Waals surface area contributed by atoms with Crippen molar-refractivity contribution in [2.45, 2.75) is 20.0 Å². The molecule has 0 atom stereocenters. The molecule has 0 saturated heterocycles. The highest BCUT2D eigenvalue weighted by molar-refractivity contribution is 5.86. The summed E-state index contributed by atoms with van der Waals surface area (Å²) in [6.07, 6.45) is -4.94. The fourth-order valence-corrected chi connectivity index (χ4v) is 2.77. The molecule has 0 fully saturated rings. The number of rotatable bonds is 4. The van der Waals surface area contributed by atoms with Crippen LogP contribution in [-0.2, 0) is 11.0 Å². The molecule has 0 amide bonds. The predicted octanol–water partition coefficient (Wildman–Crippen LogP) is 5.05. The molecule has 3 rings (SSSR count). The second kappa shape index (κ2) is 7.62. The average Bonchev–Trinajstić information content (AvgIpc) is 2.67. The van der Waals surface area contributed by atoms with Crippen LogP contribution in [0.3, 0.4) is 0 Å². The van der Waals surface area contributed by atoms with Gasteiger partial charge in [-0.3, -0.25) is 9.59 Å². The number of fused-ring (bicyclic) bond motifs is 1. The van der Waals surface area contributed by atoms with E-state index in [1.54, 1.807) is 19.9 Å². The summed E-state index contributed by atoms with van der Waals surface area (Å²) in [7, 11) is 1.30. The van der Waals surface area contributed by atoms with E-state index < -0.39 is 34.8 Å². The van der Waals surface area contributed by atoms with Gasteiger partial charge in [-0.1, -0.05) is 32.0 Å². The lowest BCUT2D eigenvalue weighted by Gasteiger charge is -2.15. The number of para-hydroxylation sites is 1. The van der Waals surface area contributed by atoms with Gasteiger partial charge in [-0.05, 0) is 18.2 Å². The predicted molar refractivity (Wildman–Crippen MR) is 99.9 cm³/mol. The Labute approximate surface area is 163 Å². The molecular weight excluding hydrogens is 389 g/mol. The second-order valence-corrected chi connectivity index (χ2v) is 6.57. The minimum absolute atomic E-state index is 0.0162.